The number of nitrogens with one attached hydrogen (secondary N) is 1. The van der Waals surface area contributed by atoms with Crippen molar-refractivity contribution in [1.82, 2.24) is 14.9 Å². The van der Waals surface area contributed by atoms with E-state index in [0.29, 0.717) is 6.04 Å². The van der Waals surface area contributed by atoms with Crippen molar-refractivity contribution in [2.45, 2.75) is 59.0 Å². The Balaban J connectivity index is 2.51. The van der Waals surface area contributed by atoms with E-state index >= 15 is 0 Å². The lowest BCUT2D eigenvalue weighted by atomic mass is 10.1. The first kappa shape index (κ1) is 13.2. The Labute approximate surface area is 99.3 Å². The summed E-state index contributed by atoms with van der Waals surface area (Å²) in [6.07, 6.45) is 8.58. The highest BCUT2D eigenvalue weighted by Gasteiger charge is 2.10. The SMILES string of the molecule is CCCNC(CC)Cc1nccn1CCC. The van der Waals surface area contributed by atoms with Gasteiger partial charge in [0.05, 0.1) is 0 Å². The Morgan fingerprint density at radius 3 is 2.75 bits per heavy atom. The van der Waals surface area contributed by atoms with Crippen molar-refractivity contribution in [3.8, 4) is 0 Å². The van der Waals surface area contributed by atoms with Crippen LogP contribution in [-0.2, 0) is 13.0 Å². The van der Waals surface area contributed by atoms with Crippen LogP contribution < -0.4 is 5.32 Å². The van der Waals surface area contributed by atoms with Crippen molar-refractivity contribution in [3.05, 3.63) is 18.2 Å². The molecule has 0 aromatic carbocycles. The average Bonchev–Trinajstić information content (AvgIpc) is 2.72. The van der Waals surface area contributed by atoms with Gasteiger partial charge in [-0.15, -0.1) is 0 Å². The maximum Gasteiger partial charge on any atom is 0.110 e. The van der Waals surface area contributed by atoms with E-state index in [-0.39, 0.29) is 0 Å². The second kappa shape index (κ2) is 7.44. The normalized spacial score (nSPS) is 12.9. The molecule has 1 aromatic heterocycles. The van der Waals surface area contributed by atoms with Crippen LogP contribution >= 0.6 is 0 Å². The van der Waals surface area contributed by atoms with Crippen LogP contribution in [-0.4, -0.2) is 22.1 Å². The molecule has 0 amide bonds. The molecular weight excluding hydrogens is 198 g/mol. The van der Waals surface area contributed by atoms with Crippen molar-refractivity contribution in [3.63, 3.8) is 0 Å². The molecule has 0 aliphatic rings. The summed E-state index contributed by atoms with van der Waals surface area (Å²) < 4.78 is 2.27. The molecule has 0 saturated heterocycles. The average molecular weight is 223 g/mol. The highest BCUT2D eigenvalue weighted by atomic mass is 15.1. The number of hydrogen-bond acceptors (Lipinski definition) is 2. The predicted molar refractivity (Wildman–Crippen MR) is 68.6 cm³/mol. The van der Waals surface area contributed by atoms with Crippen LogP contribution in [0.1, 0.15) is 45.9 Å². The van der Waals surface area contributed by atoms with Crippen molar-refractivity contribution >= 4 is 0 Å². The zero-order chi connectivity index (χ0) is 11.8. The molecule has 1 rings (SSSR count). The summed E-state index contributed by atoms with van der Waals surface area (Å²) in [5.41, 5.74) is 0. The largest absolute Gasteiger partial charge is 0.335 e. The zero-order valence-corrected chi connectivity index (χ0v) is 10.9. The third-order valence-corrected chi connectivity index (χ3v) is 2.87. The number of rotatable bonds is 8. The summed E-state index contributed by atoms with van der Waals surface area (Å²) in [7, 11) is 0. The van der Waals surface area contributed by atoms with E-state index in [0.717, 1.165) is 19.5 Å². The Morgan fingerprint density at radius 1 is 1.31 bits per heavy atom. The first-order chi connectivity index (χ1) is 7.81. The Hall–Kier alpha value is -0.830. The number of imidazole rings is 1. The summed E-state index contributed by atoms with van der Waals surface area (Å²) in [6.45, 7) is 8.83. The topological polar surface area (TPSA) is 29.9 Å². The summed E-state index contributed by atoms with van der Waals surface area (Å²) >= 11 is 0. The minimum atomic E-state index is 0.568. The van der Waals surface area contributed by atoms with Crippen molar-refractivity contribution in [2.75, 3.05) is 6.54 Å². The second-order valence-electron chi connectivity index (χ2n) is 4.30. The Kier molecular flexibility index (Phi) is 6.16. The van der Waals surface area contributed by atoms with Gasteiger partial charge in [0, 0.05) is 31.4 Å². The van der Waals surface area contributed by atoms with Crippen LogP contribution in [0.3, 0.4) is 0 Å². The van der Waals surface area contributed by atoms with E-state index in [9.17, 15) is 0 Å². The molecular formula is C13H25N3. The lowest BCUT2D eigenvalue weighted by Gasteiger charge is -2.16. The van der Waals surface area contributed by atoms with Gasteiger partial charge in [0.15, 0.2) is 0 Å². The summed E-state index contributed by atoms with van der Waals surface area (Å²) in [5, 5.41) is 3.57. The molecule has 0 aliphatic heterocycles. The van der Waals surface area contributed by atoms with Crippen LogP contribution in [0.4, 0.5) is 0 Å². The third-order valence-electron chi connectivity index (χ3n) is 2.87. The number of aromatic nitrogens is 2. The molecule has 92 valence electrons. The van der Waals surface area contributed by atoms with Crippen molar-refractivity contribution in [2.24, 2.45) is 0 Å². The summed E-state index contributed by atoms with van der Waals surface area (Å²) in [5.74, 6) is 1.22. The minimum Gasteiger partial charge on any atom is -0.335 e. The lowest BCUT2D eigenvalue weighted by molar-refractivity contribution is 0.473. The van der Waals surface area contributed by atoms with E-state index < -0.39 is 0 Å². The molecule has 1 heterocycles. The quantitative estimate of drug-likeness (QED) is 0.734. The minimum absolute atomic E-state index is 0.568. The lowest BCUT2D eigenvalue weighted by Crippen LogP contribution is -2.32. The van der Waals surface area contributed by atoms with Crippen LogP contribution in [0.5, 0.6) is 0 Å². The first-order valence-electron chi connectivity index (χ1n) is 6.55. The van der Waals surface area contributed by atoms with Gasteiger partial charge in [-0.25, -0.2) is 4.98 Å². The smallest absolute Gasteiger partial charge is 0.110 e. The van der Waals surface area contributed by atoms with E-state index in [4.69, 9.17) is 0 Å². The fourth-order valence-electron chi connectivity index (χ4n) is 1.90. The van der Waals surface area contributed by atoms with E-state index in [1.165, 1.54) is 25.1 Å². The van der Waals surface area contributed by atoms with Crippen LogP contribution in [0.25, 0.3) is 0 Å². The van der Waals surface area contributed by atoms with Gasteiger partial charge in [-0.2, -0.15) is 0 Å². The molecule has 1 atom stereocenters. The number of hydrogen-bond donors (Lipinski definition) is 1. The first-order valence-corrected chi connectivity index (χ1v) is 6.55. The molecule has 0 aliphatic carbocycles. The molecule has 0 fully saturated rings. The predicted octanol–water partition coefficient (Wildman–Crippen LogP) is 2.61. The Morgan fingerprint density at radius 2 is 2.12 bits per heavy atom. The van der Waals surface area contributed by atoms with Crippen LogP contribution in [0, 0.1) is 0 Å². The van der Waals surface area contributed by atoms with Crippen molar-refractivity contribution in [1.29, 1.82) is 0 Å². The molecule has 1 unspecified atom stereocenters. The highest BCUT2D eigenvalue weighted by molar-refractivity contribution is 4.95. The van der Waals surface area contributed by atoms with Gasteiger partial charge in [0.2, 0.25) is 0 Å². The molecule has 16 heavy (non-hydrogen) atoms. The third kappa shape index (κ3) is 3.97. The highest BCUT2D eigenvalue weighted by Crippen LogP contribution is 2.05. The van der Waals surface area contributed by atoms with Gasteiger partial charge in [-0.3, -0.25) is 0 Å². The number of aryl methyl sites for hydroxylation is 1. The zero-order valence-electron chi connectivity index (χ0n) is 10.9. The van der Waals surface area contributed by atoms with E-state index in [1.807, 2.05) is 6.20 Å². The molecule has 3 heteroatoms. The Bertz CT molecular complexity index is 280. The van der Waals surface area contributed by atoms with Gasteiger partial charge in [-0.05, 0) is 25.8 Å². The van der Waals surface area contributed by atoms with E-state index in [2.05, 4.69) is 41.8 Å². The molecule has 1 aromatic rings. The molecule has 0 radical (unpaired) electrons. The van der Waals surface area contributed by atoms with Crippen LogP contribution in [0.15, 0.2) is 12.4 Å². The van der Waals surface area contributed by atoms with Gasteiger partial charge < -0.3 is 9.88 Å². The summed E-state index contributed by atoms with van der Waals surface area (Å²) in [6, 6.07) is 0.568. The van der Waals surface area contributed by atoms with Crippen molar-refractivity contribution < 1.29 is 0 Å². The second-order valence-corrected chi connectivity index (χ2v) is 4.30. The fraction of sp³-hybridized carbons (Fsp3) is 0.769. The monoisotopic (exact) mass is 223 g/mol. The number of nitrogens with zero attached hydrogens (tertiary/aromatic N) is 2. The maximum absolute atomic E-state index is 4.45. The standard InChI is InChI=1S/C13H25N3/c1-4-7-14-12(6-3)11-13-15-8-10-16(13)9-5-2/h8,10,12,14H,4-7,9,11H2,1-3H3. The molecule has 3 nitrogen and oxygen atoms in total. The fourth-order valence-corrected chi connectivity index (χ4v) is 1.90. The molecule has 0 bridgehead atoms. The van der Waals surface area contributed by atoms with Gasteiger partial charge in [0.25, 0.3) is 0 Å². The van der Waals surface area contributed by atoms with E-state index in [1.54, 1.807) is 0 Å². The molecule has 1 N–H and O–H groups in total. The molecule has 0 saturated carbocycles. The summed E-state index contributed by atoms with van der Waals surface area (Å²) in [4.78, 5) is 4.45. The van der Waals surface area contributed by atoms with Crippen LogP contribution in [0.2, 0.25) is 0 Å². The molecule has 0 spiro atoms. The van der Waals surface area contributed by atoms with Gasteiger partial charge >= 0.3 is 0 Å². The maximum atomic E-state index is 4.45. The van der Waals surface area contributed by atoms with Gasteiger partial charge in [0.1, 0.15) is 5.82 Å². The van der Waals surface area contributed by atoms with Gasteiger partial charge in [-0.1, -0.05) is 20.8 Å².